The predicted octanol–water partition coefficient (Wildman–Crippen LogP) is 2.18. The molecule has 1 N–H and O–H groups in total. The van der Waals surface area contributed by atoms with Gasteiger partial charge in [-0.15, -0.1) is 5.10 Å². The average Bonchev–Trinajstić information content (AvgIpc) is 3.28. The second-order valence-corrected chi connectivity index (χ2v) is 7.60. The van der Waals surface area contributed by atoms with Gasteiger partial charge in [0.15, 0.2) is 5.78 Å². The van der Waals surface area contributed by atoms with E-state index in [0.29, 0.717) is 31.7 Å². The highest BCUT2D eigenvalue weighted by atomic mass is 16.3. The molecule has 1 saturated heterocycles. The molecule has 3 aromatic rings. The minimum absolute atomic E-state index is 0.0465. The number of anilines is 1. The van der Waals surface area contributed by atoms with E-state index < -0.39 is 6.10 Å². The monoisotopic (exact) mass is 419 g/mol. The van der Waals surface area contributed by atoms with Gasteiger partial charge in [-0.25, -0.2) is 9.67 Å². The van der Waals surface area contributed by atoms with Gasteiger partial charge in [0.1, 0.15) is 6.33 Å². The molecule has 160 valence electrons. The Morgan fingerprint density at radius 1 is 1.00 bits per heavy atom. The van der Waals surface area contributed by atoms with E-state index in [1.807, 2.05) is 54.6 Å². The van der Waals surface area contributed by atoms with E-state index in [0.717, 1.165) is 11.3 Å². The highest BCUT2D eigenvalue weighted by Gasteiger charge is 2.25. The third kappa shape index (κ3) is 4.80. The lowest BCUT2D eigenvalue weighted by atomic mass is 10.1. The van der Waals surface area contributed by atoms with Crippen LogP contribution >= 0.6 is 0 Å². The summed E-state index contributed by atoms with van der Waals surface area (Å²) in [6, 6.07) is 16.9. The van der Waals surface area contributed by atoms with Crippen molar-refractivity contribution in [1.29, 1.82) is 0 Å². The average molecular weight is 419 g/mol. The maximum Gasteiger partial charge on any atom is 0.293 e. The van der Waals surface area contributed by atoms with E-state index >= 15 is 0 Å². The summed E-state index contributed by atoms with van der Waals surface area (Å²) in [6.07, 6.45) is 0.760. The molecular formula is C23H25N5O3. The molecule has 8 heteroatoms. The third-order valence-electron chi connectivity index (χ3n) is 5.48. The number of benzene rings is 2. The molecule has 0 radical (unpaired) electrons. The van der Waals surface area contributed by atoms with Gasteiger partial charge in [-0.1, -0.05) is 30.3 Å². The summed E-state index contributed by atoms with van der Waals surface area (Å²) in [6.45, 7) is 4.30. The van der Waals surface area contributed by atoms with E-state index in [2.05, 4.69) is 15.0 Å². The van der Waals surface area contributed by atoms with Crippen LogP contribution in [0.15, 0.2) is 60.9 Å². The standard InChI is InChI=1S/C23H25N5O3/c1-17(29)18-7-9-20(10-8-18)26-11-13-27(14-12-26)23(31)22-24-16-28(25-22)15-21(30)19-5-3-2-4-6-19/h2-10,16,21,30H,11-15H2,1H3/t21-/m1/s1. The number of carbonyl (C=O) groups is 2. The first kappa shape index (κ1) is 20.7. The first-order valence-electron chi connectivity index (χ1n) is 10.3. The molecule has 4 rings (SSSR count). The Kier molecular flexibility index (Phi) is 6.08. The third-order valence-corrected chi connectivity index (χ3v) is 5.48. The van der Waals surface area contributed by atoms with Crippen molar-refractivity contribution >= 4 is 17.4 Å². The fourth-order valence-corrected chi connectivity index (χ4v) is 3.65. The Morgan fingerprint density at radius 2 is 1.68 bits per heavy atom. The number of aromatic nitrogens is 3. The van der Waals surface area contributed by atoms with E-state index in [-0.39, 0.29) is 24.1 Å². The molecule has 2 heterocycles. The van der Waals surface area contributed by atoms with Gasteiger partial charge in [0, 0.05) is 37.4 Å². The quantitative estimate of drug-likeness (QED) is 0.616. The van der Waals surface area contributed by atoms with E-state index in [1.165, 1.54) is 11.0 Å². The van der Waals surface area contributed by atoms with Crippen molar-refractivity contribution in [3.8, 4) is 0 Å². The van der Waals surface area contributed by atoms with Crippen LogP contribution < -0.4 is 4.90 Å². The second-order valence-electron chi connectivity index (χ2n) is 7.60. The Labute approximate surface area is 180 Å². The molecule has 0 bridgehead atoms. The molecule has 1 aromatic heterocycles. The number of rotatable bonds is 6. The van der Waals surface area contributed by atoms with Crippen molar-refractivity contribution in [3.63, 3.8) is 0 Å². The second kappa shape index (κ2) is 9.09. The number of nitrogens with zero attached hydrogens (tertiary/aromatic N) is 5. The summed E-state index contributed by atoms with van der Waals surface area (Å²) in [7, 11) is 0. The topological polar surface area (TPSA) is 91.6 Å². The molecule has 2 aromatic carbocycles. The molecular weight excluding hydrogens is 394 g/mol. The van der Waals surface area contributed by atoms with E-state index in [1.54, 1.807) is 11.8 Å². The zero-order chi connectivity index (χ0) is 21.8. The highest BCUT2D eigenvalue weighted by molar-refractivity contribution is 5.94. The summed E-state index contributed by atoms with van der Waals surface area (Å²) in [4.78, 5) is 32.3. The normalized spacial score (nSPS) is 15.0. The molecule has 0 saturated carbocycles. The van der Waals surface area contributed by atoms with Crippen molar-refractivity contribution in [2.75, 3.05) is 31.1 Å². The van der Waals surface area contributed by atoms with Gasteiger partial charge in [-0.3, -0.25) is 9.59 Å². The molecule has 31 heavy (non-hydrogen) atoms. The number of carbonyl (C=O) groups excluding carboxylic acids is 2. The number of ketones is 1. The molecule has 1 amide bonds. The summed E-state index contributed by atoms with van der Waals surface area (Å²) < 4.78 is 1.50. The van der Waals surface area contributed by atoms with Crippen molar-refractivity contribution < 1.29 is 14.7 Å². The van der Waals surface area contributed by atoms with Crippen LogP contribution in [0.25, 0.3) is 0 Å². The Bertz CT molecular complexity index is 1040. The minimum Gasteiger partial charge on any atom is -0.386 e. The Balaban J connectivity index is 1.33. The number of hydrogen-bond acceptors (Lipinski definition) is 6. The van der Waals surface area contributed by atoms with Crippen LogP contribution in [0.1, 0.15) is 39.6 Å². The van der Waals surface area contributed by atoms with Gasteiger partial charge < -0.3 is 14.9 Å². The lowest BCUT2D eigenvalue weighted by Crippen LogP contribution is -2.49. The number of Topliss-reactive ketones (excluding diaryl/α,β-unsaturated/α-hetero) is 1. The minimum atomic E-state index is -0.719. The highest BCUT2D eigenvalue weighted by Crippen LogP contribution is 2.18. The van der Waals surface area contributed by atoms with Gasteiger partial charge in [-0.2, -0.15) is 0 Å². The fraction of sp³-hybridized carbons (Fsp3) is 0.304. The van der Waals surface area contributed by atoms with Gasteiger partial charge in [0.25, 0.3) is 5.91 Å². The van der Waals surface area contributed by atoms with Crippen LogP contribution in [-0.2, 0) is 6.54 Å². The molecule has 0 aliphatic carbocycles. The van der Waals surface area contributed by atoms with Crippen LogP contribution in [0, 0.1) is 0 Å². The lowest BCUT2D eigenvalue weighted by molar-refractivity contribution is 0.0732. The molecule has 0 unspecified atom stereocenters. The molecule has 1 fully saturated rings. The van der Waals surface area contributed by atoms with Crippen LogP contribution in [0.3, 0.4) is 0 Å². The Morgan fingerprint density at radius 3 is 2.32 bits per heavy atom. The first-order chi connectivity index (χ1) is 15.0. The Hall–Kier alpha value is -3.52. The zero-order valence-corrected chi connectivity index (χ0v) is 17.4. The number of piperazine rings is 1. The maximum absolute atomic E-state index is 12.8. The molecule has 0 spiro atoms. The van der Waals surface area contributed by atoms with Gasteiger partial charge in [0.2, 0.25) is 5.82 Å². The molecule has 1 aliphatic heterocycles. The van der Waals surface area contributed by atoms with Crippen molar-refractivity contribution in [2.24, 2.45) is 0 Å². The summed E-state index contributed by atoms with van der Waals surface area (Å²) >= 11 is 0. The van der Waals surface area contributed by atoms with Crippen LogP contribution in [0.5, 0.6) is 0 Å². The molecule has 8 nitrogen and oxygen atoms in total. The SMILES string of the molecule is CC(=O)c1ccc(N2CCN(C(=O)c3ncn(C[C@@H](O)c4ccccc4)n3)CC2)cc1. The first-order valence-corrected chi connectivity index (χ1v) is 10.3. The number of amides is 1. The number of aliphatic hydroxyl groups is 1. The summed E-state index contributed by atoms with van der Waals surface area (Å²) in [5.41, 5.74) is 2.52. The summed E-state index contributed by atoms with van der Waals surface area (Å²) in [5.74, 6) is -0.0239. The smallest absolute Gasteiger partial charge is 0.293 e. The number of hydrogen-bond donors (Lipinski definition) is 1. The van der Waals surface area contributed by atoms with Gasteiger partial charge in [-0.05, 0) is 36.8 Å². The van der Waals surface area contributed by atoms with Crippen LogP contribution in [-0.4, -0.2) is 62.6 Å². The molecule has 1 aliphatic rings. The van der Waals surface area contributed by atoms with Gasteiger partial charge >= 0.3 is 0 Å². The van der Waals surface area contributed by atoms with Crippen molar-refractivity contribution in [3.05, 3.63) is 77.9 Å². The number of aliphatic hydroxyl groups excluding tert-OH is 1. The fourth-order valence-electron chi connectivity index (χ4n) is 3.65. The summed E-state index contributed by atoms with van der Waals surface area (Å²) in [5, 5.41) is 14.6. The van der Waals surface area contributed by atoms with Gasteiger partial charge in [0.05, 0.1) is 12.6 Å². The van der Waals surface area contributed by atoms with Crippen LogP contribution in [0.4, 0.5) is 5.69 Å². The molecule has 1 atom stereocenters. The van der Waals surface area contributed by atoms with E-state index in [9.17, 15) is 14.7 Å². The largest absolute Gasteiger partial charge is 0.386 e. The predicted molar refractivity (Wildman–Crippen MR) is 116 cm³/mol. The van der Waals surface area contributed by atoms with E-state index in [4.69, 9.17) is 0 Å². The zero-order valence-electron chi connectivity index (χ0n) is 17.4. The van der Waals surface area contributed by atoms with Crippen molar-refractivity contribution in [1.82, 2.24) is 19.7 Å². The van der Waals surface area contributed by atoms with Crippen LogP contribution in [0.2, 0.25) is 0 Å². The maximum atomic E-state index is 12.8. The van der Waals surface area contributed by atoms with Crippen molar-refractivity contribution in [2.45, 2.75) is 19.6 Å². The lowest BCUT2D eigenvalue weighted by Gasteiger charge is -2.35.